The van der Waals surface area contributed by atoms with Gasteiger partial charge >= 0.3 is 5.97 Å². The van der Waals surface area contributed by atoms with Crippen LogP contribution in [0.25, 0.3) is 11.3 Å². The Morgan fingerprint density at radius 1 is 1.07 bits per heavy atom. The molecule has 27 heavy (non-hydrogen) atoms. The van der Waals surface area contributed by atoms with E-state index in [0.29, 0.717) is 28.3 Å². The number of nitrogens with one attached hydrogen (secondary N) is 1. The number of methoxy groups -OCH3 is 1. The van der Waals surface area contributed by atoms with Gasteiger partial charge in [0.1, 0.15) is 11.5 Å². The van der Waals surface area contributed by atoms with Gasteiger partial charge < -0.3 is 19.6 Å². The fourth-order valence-corrected chi connectivity index (χ4v) is 2.67. The number of carboxylic acid groups (broad SMARTS) is 1. The lowest BCUT2D eigenvalue weighted by Gasteiger charge is -2.11. The minimum absolute atomic E-state index is 0.169. The van der Waals surface area contributed by atoms with E-state index in [1.165, 1.54) is 13.2 Å². The third-order valence-electron chi connectivity index (χ3n) is 4.16. The van der Waals surface area contributed by atoms with Gasteiger partial charge in [-0.2, -0.15) is 0 Å². The maximum absolute atomic E-state index is 12.5. The SMILES string of the molecule is CCc1ccc(C(=O)Nc2ccc(OC)c(-c3ccc(C(=O)O)o3)c2)cc1. The van der Waals surface area contributed by atoms with Crippen molar-refractivity contribution in [1.29, 1.82) is 0 Å². The Bertz CT molecular complexity index is 972. The van der Waals surface area contributed by atoms with Crippen molar-refractivity contribution in [3.63, 3.8) is 0 Å². The van der Waals surface area contributed by atoms with Crippen LogP contribution in [0.2, 0.25) is 0 Å². The van der Waals surface area contributed by atoms with Crippen molar-refractivity contribution in [3.8, 4) is 17.1 Å². The number of aromatic carboxylic acids is 1. The lowest BCUT2D eigenvalue weighted by atomic mass is 10.1. The van der Waals surface area contributed by atoms with Crippen molar-refractivity contribution in [2.24, 2.45) is 0 Å². The third kappa shape index (κ3) is 4.00. The molecule has 0 aliphatic carbocycles. The molecule has 1 heterocycles. The van der Waals surface area contributed by atoms with Crippen LogP contribution in [-0.2, 0) is 6.42 Å². The number of rotatable bonds is 6. The van der Waals surface area contributed by atoms with Gasteiger partial charge in [-0.1, -0.05) is 19.1 Å². The first-order valence-corrected chi connectivity index (χ1v) is 8.43. The molecule has 3 aromatic rings. The van der Waals surface area contributed by atoms with E-state index in [1.54, 1.807) is 36.4 Å². The standard InChI is InChI=1S/C21H19NO5/c1-3-13-4-6-14(7-5-13)20(23)22-15-8-9-17(26-2)16(12-15)18-10-11-19(27-18)21(24)25/h4-12H,3H2,1-2H3,(H,22,23)(H,24,25). The van der Waals surface area contributed by atoms with E-state index in [9.17, 15) is 9.59 Å². The maximum Gasteiger partial charge on any atom is 0.371 e. The Kier molecular flexibility index (Phi) is 5.26. The molecule has 6 nitrogen and oxygen atoms in total. The van der Waals surface area contributed by atoms with Crippen molar-refractivity contribution in [3.05, 3.63) is 71.5 Å². The number of benzene rings is 2. The molecular weight excluding hydrogens is 346 g/mol. The molecule has 0 saturated heterocycles. The fourth-order valence-electron chi connectivity index (χ4n) is 2.67. The second kappa shape index (κ2) is 7.78. The number of aryl methyl sites for hydroxylation is 1. The van der Waals surface area contributed by atoms with E-state index in [2.05, 4.69) is 12.2 Å². The van der Waals surface area contributed by atoms with Crippen molar-refractivity contribution in [2.45, 2.75) is 13.3 Å². The van der Waals surface area contributed by atoms with E-state index in [1.807, 2.05) is 12.1 Å². The van der Waals surface area contributed by atoms with Gasteiger partial charge in [-0.15, -0.1) is 0 Å². The van der Waals surface area contributed by atoms with Crippen LogP contribution in [0.4, 0.5) is 5.69 Å². The summed E-state index contributed by atoms with van der Waals surface area (Å²) in [6.07, 6.45) is 0.908. The predicted molar refractivity (Wildman–Crippen MR) is 101 cm³/mol. The van der Waals surface area contributed by atoms with Crippen LogP contribution in [0, 0.1) is 0 Å². The van der Waals surface area contributed by atoms with Gasteiger partial charge in [-0.3, -0.25) is 4.79 Å². The van der Waals surface area contributed by atoms with Crippen LogP contribution in [0.5, 0.6) is 5.75 Å². The van der Waals surface area contributed by atoms with Gasteiger partial charge in [-0.25, -0.2) is 4.79 Å². The van der Waals surface area contributed by atoms with Gasteiger partial charge in [0.25, 0.3) is 5.91 Å². The average Bonchev–Trinajstić information content (AvgIpc) is 3.18. The molecule has 3 rings (SSSR count). The molecule has 0 spiro atoms. The van der Waals surface area contributed by atoms with Crippen molar-refractivity contribution in [1.82, 2.24) is 0 Å². The highest BCUT2D eigenvalue weighted by Crippen LogP contribution is 2.34. The largest absolute Gasteiger partial charge is 0.496 e. The number of carboxylic acids is 1. The highest BCUT2D eigenvalue weighted by Gasteiger charge is 2.15. The molecular formula is C21H19NO5. The zero-order valence-electron chi connectivity index (χ0n) is 15.0. The number of amides is 1. The number of anilines is 1. The monoisotopic (exact) mass is 365 g/mol. The summed E-state index contributed by atoms with van der Waals surface area (Å²) in [5.41, 5.74) is 2.80. The molecule has 0 saturated carbocycles. The minimum Gasteiger partial charge on any atom is -0.496 e. The summed E-state index contributed by atoms with van der Waals surface area (Å²) < 4.78 is 10.7. The van der Waals surface area contributed by atoms with Crippen LogP contribution < -0.4 is 10.1 Å². The second-order valence-electron chi connectivity index (χ2n) is 5.89. The molecule has 0 bridgehead atoms. The molecule has 0 radical (unpaired) electrons. The first-order chi connectivity index (χ1) is 13.0. The lowest BCUT2D eigenvalue weighted by Crippen LogP contribution is -2.12. The predicted octanol–water partition coefficient (Wildman–Crippen LogP) is 4.47. The second-order valence-corrected chi connectivity index (χ2v) is 5.89. The van der Waals surface area contributed by atoms with Gasteiger partial charge in [0.05, 0.1) is 12.7 Å². The van der Waals surface area contributed by atoms with Crippen LogP contribution in [0.1, 0.15) is 33.4 Å². The number of hydrogen-bond acceptors (Lipinski definition) is 4. The van der Waals surface area contributed by atoms with Crippen molar-refractivity contribution < 1.29 is 23.8 Å². The quantitative estimate of drug-likeness (QED) is 0.673. The highest BCUT2D eigenvalue weighted by molar-refractivity contribution is 6.04. The minimum atomic E-state index is -1.15. The highest BCUT2D eigenvalue weighted by atomic mass is 16.5. The fraction of sp³-hybridized carbons (Fsp3) is 0.143. The normalized spacial score (nSPS) is 10.4. The number of hydrogen-bond donors (Lipinski definition) is 2. The molecule has 0 aliphatic heterocycles. The molecule has 1 aromatic heterocycles. The van der Waals surface area contributed by atoms with E-state index >= 15 is 0 Å². The Morgan fingerprint density at radius 3 is 2.41 bits per heavy atom. The summed E-state index contributed by atoms with van der Waals surface area (Å²) in [5, 5.41) is 11.9. The van der Waals surface area contributed by atoms with Crippen LogP contribution in [-0.4, -0.2) is 24.1 Å². The molecule has 2 aromatic carbocycles. The number of carbonyl (C=O) groups is 2. The van der Waals surface area contributed by atoms with Gasteiger partial charge in [-0.05, 0) is 54.4 Å². The Morgan fingerprint density at radius 2 is 1.81 bits per heavy atom. The van der Waals surface area contributed by atoms with Crippen molar-refractivity contribution in [2.75, 3.05) is 12.4 Å². The Balaban J connectivity index is 1.87. The van der Waals surface area contributed by atoms with Gasteiger partial charge in [0.2, 0.25) is 5.76 Å². The molecule has 0 fully saturated rings. The van der Waals surface area contributed by atoms with Crippen LogP contribution >= 0.6 is 0 Å². The van der Waals surface area contributed by atoms with E-state index in [-0.39, 0.29) is 11.7 Å². The Labute approximate surface area is 156 Å². The van der Waals surface area contributed by atoms with Gasteiger partial charge in [0.15, 0.2) is 0 Å². The summed E-state index contributed by atoms with van der Waals surface area (Å²) in [6, 6.07) is 15.4. The molecule has 138 valence electrons. The smallest absolute Gasteiger partial charge is 0.371 e. The number of carbonyl (C=O) groups excluding carboxylic acids is 1. The van der Waals surface area contributed by atoms with Crippen molar-refractivity contribution >= 4 is 17.6 Å². The molecule has 0 aliphatic rings. The average molecular weight is 365 g/mol. The summed E-state index contributed by atoms with van der Waals surface area (Å²) in [4.78, 5) is 23.5. The van der Waals surface area contributed by atoms with E-state index < -0.39 is 5.97 Å². The molecule has 6 heteroatoms. The summed E-state index contributed by atoms with van der Waals surface area (Å²) >= 11 is 0. The molecule has 1 amide bonds. The number of ether oxygens (including phenoxy) is 1. The topological polar surface area (TPSA) is 88.8 Å². The third-order valence-corrected chi connectivity index (χ3v) is 4.16. The van der Waals surface area contributed by atoms with Gasteiger partial charge in [0, 0.05) is 11.3 Å². The zero-order valence-corrected chi connectivity index (χ0v) is 15.0. The van der Waals surface area contributed by atoms with E-state index in [0.717, 1.165) is 12.0 Å². The lowest BCUT2D eigenvalue weighted by molar-refractivity contribution is 0.0663. The zero-order chi connectivity index (χ0) is 19.4. The first-order valence-electron chi connectivity index (χ1n) is 8.43. The molecule has 0 atom stereocenters. The van der Waals surface area contributed by atoms with E-state index in [4.69, 9.17) is 14.3 Å². The molecule has 0 unspecified atom stereocenters. The summed E-state index contributed by atoms with van der Waals surface area (Å²) in [7, 11) is 1.51. The first kappa shape index (κ1) is 18.3. The van der Waals surface area contributed by atoms with Crippen LogP contribution in [0.3, 0.4) is 0 Å². The summed E-state index contributed by atoms with van der Waals surface area (Å²) in [6.45, 7) is 2.05. The van der Waals surface area contributed by atoms with Crippen LogP contribution in [0.15, 0.2) is 59.0 Å². The number of furan rings is 1. The summed E-state index contributed by atoms with van der Waals surface area (Å²) in [5.74, 6) is -0.712. The Hall–Kier alpha value is -3.54. The maximum atomic E-state index is 12.5. The molecule has 2 N–H and O–H groups in total.